The van der Waals surface area contributed by atoms with Crippen molar-refractivity contribution in [1.29, 1.82) is 0 Å². The molecule has 1 atom stereocenters. The molecule has 2 aromatic rings. The lowest BCUT2D eigenvalue weighted by Gasteiger charge is -2.13. The van der Waals surface area contributed by atoms with Gasteiger partial charge in [0.25, 0.3) is 5.91 Å². The van der Waals surface area contributed by atoms with Crippen LogP contribution in [0.4, 0.5) is 10.1 Å². The quantitative estimate of drug-likeness (QED) is 0.853. The number of carbonyl (C=O) groups is 2. The highest BCUT2D eigenvalue weighted by Gasteiger charge is 2.20. The molecule has 0 fully saturated rings. The average molecular weight is 311 g/mol. The summed E-state index contributed by atoms with van der Waals surface area (Å²) in [6.07, 6.45) is 0.422. The molecule has 1 heterocycles. The highest BCUT2D eigenvalue weighted by molar-refractivity contribution is 6.30. The molecule has 0 saturated carbocycles. The van der Waals surface area contributed by atoms with Crippen LogP contribution in [-0.2, 0) is 9.53 Å². The molecule has 0 saturated heterocycles. The van der Waals surface area contributed by atoms with Gasteiger partial charge in [-0.25, -0.2) is 9.18 Å². The van der Waals surface area contributed by atoms with E-state index in [1.165, 1.54) is 43.5 Å². The van der Waals surface area contributed by atoms with Crippen molar-refractivity contribution in [3.8, 4) is 0 Å². The van der Waals surface area contributed by atoms with Crippen molar-refractivity contribution in [2.24, 2.45) is 0 Å². The number of H-pyrrole nitrogens is 1. The molecule has 0 aliphatic rings. The predicted molar refractivity (Wildman–Crippen MR) is 75.7 cm³/mol. The molecule has 0 spiro atoms. The second kappa shape index (κ2) is 6.41. The summed E-state index contributed by atoms with van der Waals surface area (Å²) in [5, 5.41) is 2.88. The number of halogens is 2. The van der Waals surface area contributed by atoms with Gasteiger partial charge in [-0.15, -0.1) is 0 Å². The van der Waals surface area contributed by atoms with Crippen LogP contribution in [0.5, 0.6) is 0 Å². The van der Waals surface area contributed by atoms with Crippen LogP contribution in [0.2, 0.25) is 5.02 Å². The molecule has 5 nitrogen and oxygen atoms in total. The fourth-order valence-corrected chi connectivity index (χ4v) is 1.70. The van der Waals surface area contributed by atoms with Gasteiger partial charge in [0.15, 0.2) is 6.10 Å². The summed E-state index contributed by atoms with van der Waals surface area (Å²) in [6, 6.07) is 6.65. The minimum Gasteiger partial charge on any atom is -0.448 e. The summed E-state index contributed by atoms with van der Waals surface area (Å²) in [7, 11) is 0. The van der Waals surface area contributed by atoms with Gasteiger partial charge in [-0.05, 0) is 37.3 Å². The molecule has 110 valence electrons. The zero-order valence-corrected chi connectivity index (χ0v) is 11.8. The maximum absolute atomic E-state index is 12.7. The molecule has 21 heavy (non-hydrogen) atoms. The van der Waals surface area contributed by atoms with Crippen molar-refractivity contribution in [3.63, 3.8) is 0 Å². The normalized spacial score (nSPS) is 11.8. The van der Waals surface area contributed by atoms with Gasteiger partial charge in [-0.3, -0.25) is 4.79 Å². The smallest absolute Gasteiger partial charge is 0.355 e. The van der Waals surface area contributed by atoms with Crippen molar-refractivity contribution >= 4 is 29.2 Å². The first-order valence-corrected chi connectivity index (χ1v) is 6.45. The maximum Gasteiger partial charge on any atom is 0.355 e. The average Bonchev–Trinajstić information content (AvgIpc) is 2.88. The van der Waals surface area contributed by atoms with Crippen LogP contribution in [0.1, 0.15) is 17.4 Å². The number of rotatable bonds is 4. The number of nitrogens with one attached hydrogen (secondary N) is 2. The van der Waals surface area contributed by atoms with Gasteiger partial charge in [0.1, 0.15) is 11.5 Å². The Hall–Kier alpha value is -2.34. The molecule has 1 aromatic carbocycles. The molecule has 0 bridgehead atoms. The SMILES string of the molecule is C[C@@H](OC(=O)c1cc(Cl)c[nH]1)C(=O)Nc1ccc(F)cc1. The molecule has 2 N–H and O–H groups in total. The third-order valence-corrected chi connectivity index (χ3v) is 2.85. The van der Waals surface area contributed by atoms with E-state index < -0.39 is 23.8 Å². The van der Waals surface area contributed by atoms with Gasteiger partial charge in [-0.2, -0.15) is 0 Å². The predicted octanol–water partition coefficient (Wildman–Crippen LogP) is 2.99. The Morgan fingerprint density at radius 1 is 1.33 bits per heavy atom. The van der Waals surface area contributed by atoms with Crippen LogP contribution in [0.3, 0.4) is 0 Å². The lowest BCUT2D eigenvalue weighted by molar-refractivity contribution is -0.123. The number of hydrogen-bond donors (Lipinski definition) is 2. The second-order valence-electron chi connectivity index (χ2n) is 4.28. The third kappa shape index (κ3) is 4.06. The number of aromatic nitrogens is 1. The first kappa shape index (κ1) is 15.1. The highest BCUT2D eigenvalue weighted by atomic mass is 35.5. The molecular weight excluding hydrogens is 299 g/mol. The summed E-state index contributed by atoms with van der Waals surface area (Å²) < 4.78 is 17.7. The van der Waals surface area contributed by atoms with E-state index in [9.17, 15) is 14.0 Å². The topological polar surface area (TPSA) is 71.2 Å². The molecular formula is C14H12ClFN2O3. The van der Waals surface area contributed by atoms with Gasteiger partial charge in [0.05, 0.1) is 5.02 Å². The first-order valence-electron chi connectivity index (χ1n) is 6.07. The number of hydrogen-bond acceptors (Lipinski definition) is 3. The Kier molecular flexibility index (Phi) is 4.59. The molecule has 2 rings (SSSR count). The summed E-state index contributed by atoms with van der Waals surface area (Å²) >= 11 is 5.67. The molecule has 7 heteroatoms. The van der Waals surface area contributed by atoms with Crippen LogP contribution in [-0.4, -0.2) is 23.0 Å². The standard InChI is InChI=1S/C14H12ClFN2O3/c1-8(21-14(20)12-6-9(15)7-17-12)13(19)18-11-4-2-10(16)3-5-11/h2-8,17H,1H3,(H,18,19)/t8-/m1/s1. The number of anilines is 1. The highest BCUT2D eigenvalue weighted by Crippen LogP contribution is 2.12. The summed E-state index contributed by atoms with van der Waals surface area (Å²) in [4.78, 5) is 26.2. The van der Waals surface area contributed by atoms with Crippen LogP contribution in [0, 0.1) is 5.82 Å². The fourth-order valence-electron chi connectivity index (χ4n) is 1.54. The number of carbonyl (C=O) groups excluding carboxylic acids is 2. The number of amides is 1. The molecule has 1 aromatic heterocycles. The lowest BCUT2D eigenvalue weighted by Crippen LogP contribution is -2.30. The minimum atomic E-state index is -1.01. The van der Waals surface area contributed by atoms with Crippen molar-refractivity contribution in [2.75, 3.05) is 5.32 Å². The molecule has 0 radical (unpaired) electrons. The van der Waals surface area contributed by atoms with E-state index in [2.05, 4.69) is 10.3 Å². The number of benzene rings is 1. The van der Waals surface area contributed by atoms with E-state index in [0.29, 0.717) is 10.7 Å². The van der Waals surface area contributed by atoms with Crippen LogP contribution in [0.15, 0.2) is 36.5 Å². The number of esters is 1. The molecule has 1 amide bonds. The van der Waals surface area contributed by atoms with Crippen molar-refractivity contribution < 1.29 is 18.7 Å². The van der Waals surface area contributed by atoms with E-state index in [4.69, 9.17) is 16.3 Å². The number of aromatic amines is 1. The Bertz CT molecular complexity index is 654. The summed E-state index contributed by atoms with van der Waals surface area (Å²) in [5.74, 6) is -1.62. The van der Waals surface area contributed by atoms with Crippen LogP contribution < -0.4 is 5.32 Å². The van der Waals surface area contributed by atoms with Crippen molar-refractivity contribution in [1.82, 2.24) is 4.98 Å². The molecule has 0 unspecified atom stereocenters. The largest absolute Gasteiger partial charge is 0.448 e. The Labute approximate surface area is 125 Å². The Morgan fingerprint density at radius 3 is 2.57 bits per heavy atom. The first-order chi connectivity index (χ1) is 9.95. The monoisotopic (exact) mass is 310 g/mol. The van der Waals surface area contributed by atoms with Crippen LogP contribution in [0.25, 0.3) is 0 Å². The van der Waals surface area contributed by atoms with E-state index in [0.717, 1.165) is 0 Å². The summed E-state index contributed by atoms with van der Waals surface area (Å²) in [6.45, 7) is 1.43. The van der Waals surface area contributed by atoms with Crippen molar-refractivity contribution in [3.05, 3.63) is 53.1 Å². The molecule has 0 aliphatic heterocycles. The van der Waals surface area contributed by atoms with Gasteiger partial charge in [-0.1, -0.05) is 11.6 Å². The Balaban J connectivity index is 1.93. The van der Waals surface area contributed by atoms with Gasteiger partial charge < -0.3 is 15.0 Å². The summed E-state index contributed by atoms with van der Waals surface area (Å²) in [5.41, 5.74) is 0.564. The van der Waals surface area contributed by atoms with Crippen LogP contribution >= 0.6 is 11.6 Å². The van der Waals surface area contributed by atoms with Crippen molar-refractivity contribution in [2.45, 2.75) is 13.0 Å². The number of ether oxygens (including phenoxy) is 1. The van der Waals surface area contributed by atoms with E-state index in [1.54, 1.807) is 0 Å². The Morgan fingerprint density at radius 2 is 2.00 bits per heavy atom. The van der Waals surface area contributed by atoms with E-state index in [-0.39, 0.29) is 5.69 Å². The second-order valence-corrected chi connectivity index (χ2v) is 4.71. The maximum atomic E-state index is 12.7. The fraction of sp³-hybridized carbons (Fsp3) is 0.143. The van der Waals surface area contributed by atoms with E-state index >= 15 is 0 Å². The zero-order chi connectivity index (χ0) is 15.4. The van der Waals surface area contributed by atoms with Gasteiger partial charge >= 0.3 is 5.97 Å². The zero-order valence-electron chi connectivity index (χ0n) is 11.0. The van der Waals surface area contributed by atoms with E-state index in [1.807, 2.05) is 0 Å². The van der Waals surface area contributed by atoms with Gasteiger partial charge in [0, 0.05) is 11.9 Å². The lowest BCUT2D eigenvalue weighted by atomic mass is 10.3. The van der Waals surface area contributed by atoms with Gasteiger partial charge in [0.2, 0.25) is 0 Å². The third-order valence-electron chi connectivity index (χ3n) is 2.63. The minimum absolute atomic E-state index is 0.154. The molecule has 0 aliphatic carbocycles.